The number of amidine groups is 1. The van der Waals surface area contributed by atoms with Crippen LogP contribution in [0, 0.1) is 11.3 Å². The summed E-state index contributed by atoms with van der Waals surface area (Å²) in [4.78, 5) is 12.2. The first-order chi connectivity index (χ1) is 9.65. The van der Waals surface area contributed by atoms with Crippen molar-refractivity contribution in [3.05, 3.63) is 28.2 Å². The Labute approximate surface area is 133 Å². The number of halogens is 1. The molecule has 0 radical (unpaired) electrons. The van der Waals surface area contributed by atoms with Crippen molar-refractivity contribution < 1.29 is 10.0 Å². The molecule has 116 valence electrons. The number of amides is 1. The minimum Gasteiger partial charge on any atom is -0.409 e. The lowest BCUT2D eigenvalue weighted by atomic mass is 9.80. The molecule has 6 heteroatoms. The summed E-state index contributed by atoms with van der Waals surface area (Å²) in [5.41, 5.74) is 6.69. The van der Waals surface area contributed by atoms with Gasteiger partial charge >= 0.3 is 0 Å². The molecule has 1 atom stereocenters. The summed E-state index contributed by atoms with van der Waals surface area (Å²) in [6, 6.07) is 5.18. The van der Waals surface area contributed by atoms with Gasteiger partial charge in [-0.15, -0.1) is 0 Å². The summed E-state index contributed by atoms with van der Waals surface area (Å²) in [6.07, 6.45) is 0.408. The topological polar surface area (TPSA) is 87.7 Å². The Hall–Kier alpha value is -1.56. The zero-order valence-corrected chi connectivity index (χ0v) is 14.4. The summed E-state index contributed by atoms with van der Waals surface area (Å²) in [5.74, 6) is 0.0983. The van der Waals surface area contributed by atoms with E-state index in [1.807, 2.05) is 6.92 Å². The van der Waals surface area contributed by atoms with Gasteiger partial charge in [0.2, 0.25) is 5.91 Å². The molecule has 1 aromatic rings. The zero-order chi connectivity index (χ0) is 16.2. The van der Waals surface area contributed by atoms with Crippen molar-refractivity contribution in [1.29, 1.82) is 0 Å². The average molecular weight is 356 g/mol. The van der Waals surface area contributed by atoms with E-state index in [0.717, 1.165) is 4.47 Å². The van der Waals surface area contributed by atoms with Crippen molar-refractivity contribution >= 4 is 33.4 Å². The van der Waals surface area contributed by atoms with Gasteiger partial charge in [0.25, 0.3) is 0 Å². The number of nitrogens with zero attached hydrogens (tertiary/aromatic N) is 1. The van der Waals surface area contributed by atoms with Crippen LogP contribution in [0.2, 0.25) is 0 Å². The first-order valence-electron chi connectivity index (χ1n) is 6.72. The van der Waals surface area contributed by atoms with Gasteiger partial charge in [-0.25, -0.2) is 0 Å². The number of nitrogens with one attached hydrogen (secondary N) is 1. The minimum absolute atomic E-state index is 0.0401. The lowest BCUT2D eigenvalue weighted by molar-refractivity contribution is -0.117. The van der Waals surface area contributed by atoms with Crippen LogP contribution in [0.3, 0.4) is 0 Å². The molecule has 0 saturated heterocycles. The van der Waals surface area contributed by atoms with Crippen LogP contribution in [-0.2, 0) is 4.79 Å². The third-order valence-electron chi connectivity index (χ3n) is 3.61. The minimum atomic E-state index is -0.0949. The quantitative estimate of drug-likeness (QED) is 0.334. The maximum Gasteiger partial charge on any atom is 0.224 e. The molecule has 5 nitrogen and oxygen atoms in total. The third-order valence-corrected chi connectivity index (χ3v) is 4.10. The SMILES string of the molecule is CC(CC(=O)Nc1cc(Br)ccc1/C(N)=N/O)C(C)(C)C. The maximum absolute atomic E-state index is 12.2. The van der Waals surface area contributed by atoms with Crippen LogP contribution in [0.5, 0.6) is 0 Å². The fraction of sp³-hybridized carbons (Fsp3) is 0.467. The lowest BCUT2D eigenvalue weighted by Gasteiger charge is -2.26. The fourth-order valence-electron chi connectivity index (χ4n) is 1.68. The van der Waals surface area contributed by atoms with E-state index in [-0.39, 0.29) is 23.1 Å². The molecule has 0 aliphatic rings. The molecule has 0 fully saturated rings. The number of carbonyl (C=O) groups is 1. The molecule has 1 amide bonds. The summed E-state index contributed by atoms with van der Waals surface area (Å²) in [5, 5.41) is 14.6. The first-order valence-corrected chi connectivity index (χ1v) is 7.51. The highest BCUT2D eigenvalue weighted by atomic mass is 79.9. The van der Waals surface area contributed by atoms with Gasteiger partial charge in [0.1, 0.15) is 0 Å². The average Bonchev–Trinajstić information content (AvgIpc) is 2.36. The van der Waals surface area contributed by atoms with Gasteiger partial charge in [0.05, 0.1) is 5.69 Å². The van der Waals surface area contributed by atoms with E-state index in [1.165, 1.54) is 0 Å². The van der Waals surface area contributed by atoms with Crippen LogP contribution in [0.1, 0.15) is 39.7 Å². The molecule has 1 rings (SSSR count). The Bertz CT molecular complexity index is 550. The first kappa shape index (κ1) is 17.5. The summed E-state index contributed by atoms with van der Waals surface area (Å²) in [6.45, 7) is 8.36. The molecule has 1 aromatic carbocycles. The predicted molar refractivity (Wildman–Crippen MR) is 88.5 cm³/mol. The third kappa shape index (κ3) is 5.04. The molecular formula is C15H22BrN3O2. The van der Waals surface area contributed by atoms with E-state index in [0.29, 0.717) is 17.7 Å². The predicted octanol–water partition coefficient (Wildman–Crippen LogP) is 3.55. The number of anilines is 1. The molecule has 4 N–H and O–H groups in total. The van der Waals surface area contributed by atoms with Gasteiger partial charge in [0, 0.05) is 16.5 Å². The second-order valence-electron chi connectivity index (χ2n) is 6.19. The van der Waals surface area contributed by atoms with Crippen LogP contribution in [0.25, 0.3) is 0 Å². The van der Waals surface area contributed by atoms with Crippen molar-refractivity contribution in [2.75, 3.05) is 5.32 Å². The van der Waals surface area contributed by atoms with Gasteiger partial charge in [-0.2, -0.15) is 0 Å². The number of carbonyl (C=O) groups excluding carboxylic acids is 1. The number of benzene rings is 1. The highest BCUT2D eigenvalue weighted by Crippen LogP contribution is 2.29. The van der Waals surface area contributed by atoms with Gasteiger partial charge in [-0.05, 0) is 29.5 Å². The largest absolute Gasteiger partial charge is 0.409 e. The van der Waals surface area contributed by atoms with Crippen molar-refractivity contribution in [3.63, 3.8) is 0 Å². The molecule has 0 heterocycles. The molecule has 0 aromatic heterocycles. The van der Waals surface area contributed by atoms with Crippen LogP contribution in [0.4, 0.5) is 5.69 Å². The van der Waals surface area contributed by atoms with Crippen molar-refractivity contribution in [2.24, 2.45) is 22.2 Å². The maximum atomic E-state index is 12.2. The van der Waals surface area contributed by atoms with Crippen LogP contribution in [0.15, 0.2) is 27.8 Å². The molecule has 0 spiro atoms. The highest BCUT2D eigenvalue weighted by molar-refractivity contribution is 9.10. The van der Waals surface area contributed by atoms with Crippen LogP contribution < -0.4 is 11.1 Å². The number of rotatable bonds is 4. The van der Waals surface area contributed by atoms with E-state index in [1.54, 1.807) is 18.2 Å². The number of nitrogens with two attached hydrogens (primary N) is 1. The van der Waals surface area contributed by atoms with Gasteiger partial charge in [-0.3, -0.25) is 4.79 Å². The summed E-state index contributed by atoms with van der Waals surface area (Å²) >= 11 is 3.35. The summed E-state index contributed by atoms with van der Waals surface area (Å²) < 4.78 is 0.802. The Morgan fingerprint density at radius 1 is 1.48 bits per heavy atom. The number of hydrogen-bond donors (Lipinski definition) is 3. The number of oxime groups is 1. The van der Waals surface area contributed by atoms with E-state index in [4.69, 9.17) is 10.9 Å². The van der Waals surface area contributed by atoms with Crippen molar-refractivity contribution in [1.82, 2.24) is 0 Å². The van der Waals surface area contributed by atoms with Gasteiger partial charge in [0.15, 0.2) is 5.84 Å². The van der Waals surface area contributed by atoms with Crippen LogP contribution in [-0.4, -0.2) is 17.0 Å². The van der Waals surface area contributed by atoms with E-state index >= 15 is 0 Å². The number of hydrogen-bond acceptors (Lipinski definition) is 3. The molecule has 21 heavy (non-hydrogen) atoms. The molecule has 0 aliphatic carbocycles. The Kier molecular flexibility index (Phi) is 5.78. The standard InChI is InChI=1S/C15H22BrN3O2/c1-9(15(2,3)4)7-13(20)18-12-8-10(16)5-6-11(12)14(17)19-21/h5-6,8-9,21H,7H2,1-4H3,(H2,17,19)(H,18,20). The van der Waals surface area contributed by atoms with E-state index in [9.17, 15) is 4.79 Å². The normalized spacial score (nSPS) is 13.9. The van der Waals surface area contributed by atoms with E-state index < -0.39 is 0 Å². The lowest BCUT2D eigenvalue weighted by Crippen LogP contribution is -2.25. The second kappa shape index (κ2) is 6.93. The van der Waals surface area contributed by atoms with Crippen molar-refractivity contribution in [2.45, 2.75) is 34.1 Å². The Morgan fingerprint density at radius 3 is 2.62 bits per heavy atom. The van der Waals surface area contributed by atoms with E-state index in [2.05, 4.69) is 47.2 Å². The molecule has 1 unspecified atom stereocenters. The fourth-order valence-corrected chi connectivity index (χ4v) is 2.04. The molecule has 0 aliphatic heterocycles. The highest BCUT2D eigenvalue weighted by Gasteiger charge is 2.23. The second-order valence-corrected chi connectivity index (χ2v) is 7.11. The summed E-state index contributed by atoms with van der Waals surface area (Å²) in [7, 11) is 0. The molecule has 0 bridgehead atoms. The monoisotopic (exact) mass is 355 g/mol. The Balaban J connectivity index is 2.92. The Morgan fingerprint density at radius 2 is 2.10 bits per heavy atom. The van der Waals surface area contributed by atoms with Gasteiger partial charge in [-0.1, -0.05) is 48.8 Å². The van der Waals surface area contributed by atoms with Crippen LogP contribution >= 0.6 is 15.9 Å². The molecule has 0 saturated carbocycles. The molecular weight excluding hydrogens is 334 g/mol. The van der Waals surface area contributed by atoms with Gasteiger partial charge < -0.3 is 16.3 Å². The zero-order valence-electron chi connectivity index (χ0n) is 12.8. The van der Waals surface area contributed by atoms with Crippen molar-refractivity contribution in [3.8, 4) is 0 Å². The smallest absolute Gasteiger partial charge is 0.224 e.